The molecule has 0 saturated carbocycles. The molecule has 0 radical (unpaired) electrons. The number of rotatable bonds is 27. The van der Waals surface area contributed by atoms with Crippen LogP contribution in [0.1, 0.15) is 148 Å². The Morgan fingerprint density at radius 2 is 1.04 bits per heavy atom. The minimum atomic E-state index is -4.35. The Kier molecular flexibility index (Phi) is 19.7. The zero-order chi connectivity index (χ0) is 32.8. The molecule has 0 aromatic heterocycles. The van der Waals surface area contributed by atoms with Gasteiger partial charge in [-0.1, -0.05) is 135 Å². The van der Waals surface area contributed by atoms with Gasteiger partial charge in [0, 0.05) is 0 Å². The van der Waals surface area contributed by atoms with E-state index in [1.54, 1.807) is 12.1 Å². The monoisotopic (exact) mass is 666 g/mol. The molecule has 0 aliphatic heterocycles. The van der Waals surface area contributed by atoms with Crippen LogP contribution in [-0.4, -0.2) is 28.0 Å². The summed E-state index contributed by atoms with van der Waals surface area (Å²) in [4.78, 5) is -0.322. The third-order valence-corrected chi connectivity index (χ3v) is 10.4. The van der Waals surface area contributed by atoms with Crippen LogP contribution in [0.3, 0.4) is 0 Å². The SMILES string of the molecule is CCCCCCCCCCCCOS(=O)(=O)c1ccc(CCCCCCCCCCCC)cc1Oc1ccc(S(=O)(=O)O)cc1. The van der Waals surface area contributed by atoms with Crippen LogP contribution in [0, 0.1) is 0 Å². The zero-order valence-electron chi connectivity index (χ0n) is 27.8. The van der Waals surface area contributed by atoms with Crippen molar-refractivity contribution in [1.29, 1.82) is 0 Å². The molecule has 2 aromatic rings. The van der Waals surface area contributed by atoms with Crippen molar-refractivity contribution >= 4 is 20.2 Å². The predicted octanol–water partition coefficient (Wildman–Crippen LogP) is 10.8. The first-order valence-electron chi connectivity index (χ1n) is 17.4. The molecule has 0 atom stereocenters. The van der Waals surface area contributed by atoms with Crippen LogP contribution < -0.4 is 4.74 Å². The van der Waals surface area contributed by atoms with Crippen molar-refractivity contribution < 1.29 is 30.3 Å². The van der Waals surface area contributed by atoms with Crippen molar-refractivity contribution in [2.75, 3.05) is 6.61 Å². The first-order chi connectivity index (χ1) is 21.7. The van der Waals surface area contributed by atoms with Gasteiger partial charge in [-0.2, -0.15) is 16.8 Å². The van der Waals surface area contributed by atoms with E-state index >= 15 is 0 Å². The Morgan fingerprint density at radius 1 is 0.578 bits per heavy atom. The predicted molar refractivity (Wildman–Crippen MR) is 183 cm³/mol. The molecule has 0 aliphatic rings. The molecule has 0 aliphatic carbocycles. The molecule has 256 valence electrons. The molecular weight excluding hydrogens is 609 g/mol. The summed E-state index contributed by atoms with van der Waals surface area (Å²) in [7, 11) is -8.43. The highest BCUT2D eigenvalue weighted by atomic mass is 32.2. The Bertz CT molecular complexity index is 1270. The molecule has 0 saturated heterocycles. The first kappa shape index (κ1) is 39.2. The second-order valence-electron chi connectivity index (χ2n) is 12.2. The first-order valence-corrected chi connectivity index (χ1v) is 20.3. The molecule has 2 rings (SSSR count). The van der Waals surface area contributed by atoms with Crippen LogP contribution >= 0.6 is 0 Å². The van der Waals surface area contributed by atoms with Crippen molar-refractivity contribution in [2.24, 2.45) is 0 Å². The zero-order valence-corrected chi connectivity index (χ0v) is 29.4. The molecule has 0 unspecified atom stereocenters. The van der Waals surface area contributed by atoms with Crippen LogP contribution in [0.4, 0.5) is 0 Å². The highest BCUT2D eigenvalue weighted by Crippen LogP contribution is 2.32. The fourth-order valence-corrected chi connectivity index (χ4v) is 6.97. The molecule has 0 heterocycles. The second kappa shape index (κ2) is 22.6. The highest BCUT2D eigenvalue weighted by molar-refractivity contribution is 7.87. The molecule has 45 heavy (non-hydrogen) atoms. The fourth-order valence-electron chi connectivity index (χ4n) is 5.44. The maximum atomic E-state index is 13.2. The van der Waals surface area contributed by atoms with E-state index in [-0.39, 0.29) is 27.9 Å². The summed E-state index contributed by atoms with van der Waals surface area (Å²) >= 11 is 0. The van der Waals surface area contributed by atoms with Gasteiger partial charge in [0.25, 0.3) is 10.1 Å². The molecule has 0 amide bonds. The fraction of sp³-hybridized carbons (Fsp3) is 0.667. The number of hydrogen-bond donors (Lipinski definition) is 1. The van der Waals surface area contributed by atoms with Gasteiger partial charge in [-0.25, -0.2) is 0 Å². The minimum absolute atomic E-state index is 0.0553. The smallest absolute Gasteiger partial charge is 0.300 e. The number of hydrogen-bond acceptors (Lipinski definition) is 6. The van der Waals surface area contributed by atoms with E-state index in [0.29, 0.717) is 6.42 Å². The maximum absolute atomic E-state index is 13.2. The van der Waals surface area contributed by atoms with Gasteiger partial charge in [0.05, 0.1) is 11.5 Å². The molecular formula is C36H58O7S2. The highest BCUT2D eigenvalue weighted by Gasteiger charge is 2.22. The lowest BCUT2D eigenvalue weighted by Gasteiger charge is -2.14. The van der Waals surface area contributed by atoms with Crippen LogP contribution in [0.25, 0.3) is 0 Å². The van der Waals surface area contributed by atoms with Crippen LogP contribution in [-0.2, 0) is 30.8 Å². The topological polar surface area (TPSA) is 107 Å². The van der Waals surface area contributed by atoms with E-state index in [9.17, 15) is 21.4 Å². The van der Waals surface area contributed by atoms with E-state index in [4.69, 9.17) is 8.92 Å². The van der Waals surface area contributed by atoms with Crippen LogP contribution in [0.5, 0.6) is 11.5 Å². The second-order valence-corrected chi connectivity index (χ2v) is 15.2. The number of ether oxygens (including phenoxy) is 1. The standard InChI is InChI=1S/C36H58O7S2/c1-3-5-7-9-11-13-15-17-19-21-23-32-24-29-36(35(31-32)43-33-25-27-34(28-26-33)44(37,38)39)45(40,41)42-30-22-20-18-16-14-12-10-8-6-4-2/h24-29,31H,3-23,30H2,1-2H3,(H,37,38,39). The summed E-state index contributed by atoms with van der Waals surface area (Å²) in [5, 5.41) is 0. The summed E-state index contributed by atoms with van der Waals surface area (Å²) in [6.45, 7) is 4.57. The number of aryl methyl sites for hydroxylation is 1. The Balaban J connectivity index is 1.94. The number of benzene rings is 2. The molecule has 9 heteroatoms. The lowest BCUT2D eigenvalue weighted by Crippen LogP contribution is -2.09. The van der Waals surface area contributed by atoms with Gasteiger partial charge >= 0.3 is 10.1 Å². The Morgan fingerprint density at radius 3 is 1.53 bits per heavy atom. The molecule has 0 fully saturated rings. The normalized spacial score (nSPS) is 12.1. The summed E-state index contributed by atoms with van der Waals surface area (Å²) in [6, 6.07) is 10.3. The average Bonchev–Trinajstić information content (AvgIpc) is 3.00. The van der Waals surface area contributed by atoms with Crippen molar-refractivity contribution in [3.05, 3.63) is 48.0 Å². The minimum Gasteiger partial charge on any atom is -0.456 e. The summed E-state index contributed by atoms with van der Waals surface area (Å²) in [6.07, 6.45) is 24.7. The molecule has 7 nitrogen and oxygen atoms in total. The Labute approximate surface area is 274 Å². The van der Waals surface area contributed by atoms with Crippen molar-refractivity contribution in [1.82, 2.24) is 0 Å². The number of unbranched alkanes of at least 4 members (excludes halogenated alkanes) is 18. The average molecular weight is 667 g/mol. The van der Waals surface area contributed by atoms with Gasteiger partial charge in [0.2, 0.25) is 0 Å². The summed E-state index contributed by atoms with van der Waals surface area (Å²) < 4.78 is 70.0. The van der Waals surface area contributed by atoms with Crippen molar-refractivity contribution in [2.45, 2.75) is 158 Å². The van der Waals surface area contributed by atoms with Gasteiger partial charge in [-0.3, -0.25) is 8.74 Å². The quantitative estimate of drug-likeness (QED) is 0.0574. The molecule has 1 N–H and O–H groups in total. The summed E-state index contributed by atoms with van der Waals surface area (Å²) in [5.74, 6) is 0.395. The van der Waals surface area contributed by atoms with Gasteiger partial charge in [0.1, 0.15) is 16.4 Å². The van der Waals surface area contributed by atoms with E-state index in [0.717, 1.165) is 44.1 Å². The van der Waals surface area contributed by atoms with E-state index in [1.165, 1.54) is 114 Å². The molecule has 0 spiro atoms. The van der Waals surface area contributed by atoms with Gasteiger partial charge in [0.15, 0.2) is 0 Å². The van der Waals surface area contributed by atoms with E-state index in [1.807, 2.05) is 6.07 Å². The Hall–Kier alpha value is -1.94. The van der Waals surface area contributed by atoms with Crippen LogP contribution in [0.15, 0.2) is 52.3 Å². The third-order valence-electron chi connectivity index (χ3n) is 8.18. The third kappa shape index (κ3) is 17.0. The van der Waals surface area contributed by atoms with Gasteiger partial charge in [-0.15, -0.1) is 0 Å². The molecule has 2 aromatic carbocycles. The molecule has 0 bridgehead atoms. The van der Waals surface area contributed by atoms with Gasteiger partial charge < -0.3 is 4.74 Å². The van der Waals surface area contributed by atoms with Crippen molar-refractivity contribution in [3.63, 3.8) is 0 Å². The van der Waals surface area contributed by atoms with E-state index in [2.05, 4.69) is 13.8 Å². The van der Waals surface area contributed by atoms with Crippen LogP contribution in [0.2, 0.25) is 0 Å². The lowest BCUT2D eigenvalue weighted by molar-refractivity contribution is 0.304. The lowest BCUT2D eigenvalue weighted by atomic mass is 10.0. The summed E-state index contributed by atoms with van der Waals surface area (Å²) in [5.41, 5.74) is 0.966. The largest absolute Gasteiger partial charge is 0.456 e. The maximum Gasteiger partial charge on any atom is 0.300 e. The van der Waals surface area contributed by atoms with Crippen molar-refractivity contribution in [3.8, 4) is 11.5 Å². The van der Waals surface area contributed by atoms with Gasteiger partial charge in [-0.05, 0) is 61.2 Å². The van der Waals surface area contributed by atoms with E-state index < -0.39 is 20.2 Å².